The van der Waals surface area contributed by atoms with Gasteiger partial charge in [-0.1, -0.05) is 44.0 Å². The molecule has 3 atom stereocenters. The molecule has 0 heterocycles. The van der Waals surface area contributed by atoms with Crippen LogP contribution in [0.5, 0.6) is 0 Å². The van der Waals surface area contributed by atoms with Gasteiger partial charge in [0.2, 0.25) is 5.91 Å². The van der Waals surface area contributed by atoms with E-state index in [1.54, 1.807) is 0 Å². The van der Waals surface area contributed by atoms with Crippen molar-refractivity contribution < 1.29 is 9.59 Å². The third-order valence-corrected chi connectivity index (χ3v) is 4.57. The van der Waals surface area contributed by atoms with Gasteiger partial charge in [0.25, 0.3) is 0 Å². The maximum atomic E-state index is 12.4. The fourth-order valence-electron chi connectivity index (χ4n) is 3.43. The molecule has 23 heavy (non-hydrogen) atoms. The van der Waals surface area contributed by atoms with Crippen molar-refractivity contribution in [3.8, 4) is 0 Å². The number of carbonyl (C=O) groups excluding carboxylic acids is 2. The van der Waals surface area contributed by atoms with Crippen LogP contribution in [0, 0.1) is 12.8 Å². The summed E-state index contributed by atoms with van der Waals surface area (Å²) in [5.74, 6) is 0.621. The molecule has 2 rings (SSSR count). The summed E-state index contributed by atoms with van der Waals surface area (Å²) >= 11 is 0. The largest absolute Gasteiger partial charge is 0.353 e. The van der Waals surface area contributed by atoms with Gasteiger partial charge in [0.1, 0.15) is 0 Å². The van der Waals surface area contributed by atoms with Crippen LogP contribution in [0.1, 0.15) is 56.2 Å². The Bertz CT molecular complexity index is 559. The van der Waals surface area contributed by atoms with Crippen LogP contribution < -0.4 is 16.4 Å². The van der Waals surface area contributed by atoms with Gasteiger partial charge in [0.15, 0.2) is 0 Å². The van der Waals surface area contributed by atoms with Crippen LogP contribution in [-0.4, -0.2) is 18.0 Å². The molecule has 5 nitrogen and oxygen atoms in total. The standard InChI is InChI=1S/C18H27N3O2/c1-12-6-5-8-14(10-12)20-17(22)11-16(21-18(19)23)15-9-4-3-7-13(15)2/h3-4,7,9,12,14,16H,5-6,8,10-11H2,1-2H3,(H,20,22)(H3,19,21,23). The van der Waals surface area contributed by atoms with Gasteiger partial charge in [0.05, 0.1) is 12.5 Å². The number of primary amides is 1. The maximum Gasteiger partial charge on any atom is 0.312 e. The maximum absolute atomic E-state index is 12.4. The van der Waals surface area contributed by atoms with Crippen LogP contribution in [0.25, 0.3) is 0 Å². The number of urea groups is 1. The quantitative estimate of drug-likeness (QED) is 0.780. The third kappa shape index (κ3) is 5.27. The number of aryl methyl sites for hydroxylation is 1. The lowest BCUT2D eigenvalue weighted by Crippen LogP contribution is -2.41. The average Bonchev–Trinajstić information content (AvgIpc) is 2.46. The molecule has 1 aromatic carbocycles. The highest BCUT2D eigenvalue weighted by atomic mass is 16.2. The number of rotatable bonds is 5. The number of nitrogens with one attached hydrogen (secondary N) is 2. The van der Waals surface area contributed by atoms with Crippen molar-refractivity contribution in [2.24, 2.45) is 11.7 Å². The van der Waals surface area contributed by atoms with Gasteiger partial charge in [-0.15, -0.1) is 0 Å². The molecule has 1 aromatic rings. The van der Waals surface area contributed by atoms with Crippen LogP contribution in [-0.2, 0) is 4.79 Å². The second-order valence-corrected chi connectivity index (χ2v) is 6.66. The molecule has 3 unspecified atom stereocenters. The number of nitrogens with two attached hydrogens (primary N) is 1. The zero-order valence-electron chi connectivity index (χ0n) is 14.0. The topological polar surface area (TPSA) is 84.2 Å². The highest BCUT2D eigenvalue weighted by molar-refractivity contribution is 5.79. The second-order valence-electron chi connectivity index (χ2n) is 6.66. The number of hydrogen-bond donors (Lipinski definition) is 3. The van der Waals surface area contributed by atoms with E-state index in [9.17, 15) is 9.59 Å². The van der Waals surface area contributed by atoms with Gasteiger partial charge >= 0.3 is 6.03 Å². The SMILES string of the molecule is Cc1ccccc1C(CC(=O)NC1CCCC(C)C1)NC(N)=O. The van der Waals surface area contributed by atoms with Gasteiger partial charge in [-0.05, 0) is 36.8 Å². The molecular formula is C18H27N3O2. The number of benzene rings is 1. The predicted octanol–water partition coefficient (Wildman–Crippen LogP) is 2.79. The van der Waals surface area contributed by atoms with Gasteiger partial charge in [-0.2, -0.15) is 0 Å². The van der Waals surface area contributed by atoms with E-state index < -0.39 is 12.1 Å². The Labute approximate surface area is 138 Å². The molecule has 5 heteroatoms. The molecule has 4 N–H and O–H groups in total. The molecule has 126 valence electrons. The van der Waals surface area contributed by atoms with Gasteiger partial charge < -0.3 is 16.4 Å². The number of amides is 3. The number of hydrogen-bond acceptors (Lipinski definition) is 2. The molecule has 1 aliphatic rings. The lowest BCUT2D eigenvalue weighted by atomic mass is 9.87. The van der Waals surface area contributed by atoms with E-state index in [0.717, 1.165) is 30.4 Å². The fraction of sp³-hybridized carbons (Fsp3) is 0.556. The number of carbonyl (C=O) groups is 2. The Morgan fingerprint density at radius 2 is 2.04 bits per heavy atom. The fourth-order valence-corrected chi connectivity index (χ4v) is 3.43. The van der Waals surface area contributed by atoms with Crippen LogP contribution in [0.4, 0.5) is 4.79 Å². The van der Waals surface area contributed by atoms with E-state index in [1.807, 2.05) is 31.2 Å². The minimum absolute atomic E-state index is 0.0360. The van der Waals surface area contributed by atoms with E-state index in [1.165, 1.54) is 6.42 Å². The van der Waals surface area contributed by atoms with Crippen LogP contribution in [0.2, 0.25) is 0 Å². The van der Waals surface area contributed by atoms with Gasteiger partial charge in [0, 0.05) is 6.04 Å². The lowest BCUT2D eigenvalue weighted by Gasteiger charge is -2.28. The van der Waals surface area contributed by atoms with Gasteiger partial charge in [-0.3, -0.25) is 4.79 Å². The van der Waals surface area contributed by atoms with Crippen molar-refractivity contribution in [2.75, 3.05) is 0 Å². The molecule has 0 aromatic heterocycles. The average molecular weight is 317 g/mol. The summed E-state index contributed by atoms with van der Waals surface area (Å²) in [5.41, 5.74) is 7.24. The summed E-state index contributed by atoms with van der Waals surface area (Å²) in [4.78, 5) is 23.7. The van der Waals surface area contributed by atoms with Crippen molar-refractivity contribution in [1.82, 2.24) is 10.6 Å². The molecular weight excluding hydrogens is 290 g/mol. The summed E-state index contributed by atoms with van der Waals surface area (Å²) in [5, 5.41) is 5.80. The molecule has 1 aliphatic carbocycles. The monoisotopic (exact) mass is 317 g/mol. The van der Waals surface area contributed by atoms with Crippen LogP contribution in [0.15, 0.2) is 24.3 Å². The zero-order chi connectivity index (χ0) is 16.8. The Morgan fingerprint density at radius 3 is 2.70 bits per heavy atom. The first kappa shape index (κ1) is 17.3. The minimum atomic E-state index is -0.614. The zero-order valence-corrected chi connectivity index (χ0v) is 14.0. The molecule has 1 fully saturated rings. The minimum Gasteiger partial charge on any atom is -0.353 e. The van der Waals surface area contributed by atoms with E-state index in [0.29, 0.717) is 5.92 Å². The van der Waals surface area contributed by atoms with Crippen LogP contribution >= 0.6 is 0 Å². The highest BCUT2D eigenvalue weighted by Crippen LogP contribution is 2.24. The Balaban J connectivity index is 2.01. The van der Waals surface area contributed by atoms with Crippen molar-refractivity contribution in [3.05, 3.63) is 35.4 Å². The summed E-state index contributed by atoms with van der Waals surface area (Å²) in [7, 11) is 0. The molecule has 0 bridgehead atoms. The van der Waals surface area contributed by atoms with E-state index in [2.05, 4.69) is 17.6 Å². The Kier molecular flexibility index (Phi) is 6.02. The molecule has 0 spiro atoms. The molecule has 0 saturated heterocycles. The summed E-state index contributed by atoms with van der Waals surface area (Å²) in [6.45, 7) is 4.19. The first-order valence-corrected chi connectivity index (χ1v) is 8.36. The Hall–Kier alpha value is -2.04. The Morgan fingerprint density at radius 1 is 1.30 bits per heavy atom. The smallest absolute Gasteiger partial charge is 0.312 e. The lowest BCUT2D eigenvalue weighted by molar-refractivity contribution is -0.122. The van der Waals surface area contributed by atoms with E-state index in [4.69, 9.17) is 5.73 Å². The molecule has 3 amide bonds. The van der Waals surface area contributed by atoms with Crippen molar-refractivity contribution in [3.63, 3.8) is 0 Å². The van der Waals surface area contributed by atoms with Crippen molar-refractivity contribution >= 4 is 11.9 Å². The third-order valence-electron chi connectivity index (χ3n) is 4.57. The highest BCUT2D eigenvalue weighted by Gasteiger charge is 2.23. The molecule has 1 saturated carbocycles. The predicted molar refractivity (Wildman–Crippen MR) is 90.8 cm³/mol. The van der Waals surface area contributed by atoms with Gasteiger partial charge in [-0.25, -0.2) is 4.79 Å². The van der Waals surface area contributed by atoms with Crippen molar-refractivity contribution in [1.29, 1.82) is 0 Å². The molecule has 0 aliphatic heterocycles. The van der Waals surface area contributed by atoms with Crippen molar-refractivity contribution in [2.45, 2.75) is 58.0 Å². The van der Waals surface area contributed by atoms with E-state index >= 15 is 0 Å². The van der Waals surface area contributed by atoms with Crippen LogP contribution in [0.3, 0.4) is 0 Å². The van der Waals surface area contributed by atoms with E-state index in [-0.39, 0.29) is 18.4 Å². The first-order valence-electron chi connectivity index (χ1n) is 8.36. The summed E-state index contributed by atoms with van der Waals surface area (Å²) in [6, 6.07) is 6.96. The normalized spacial score (nSPS) is 22.2. The first-order chi connectivity index (χ1) is 11.0. The summed E-state index contributed by atoms with van der Waals surface area (Å²) < 4.78 is 0. The summed E-state index contributed by atoms with van der Waals surface area (Å²) in [6.07, 6.45) is 4.67. The second kappa shape index (κ2) is 7.99. The molecule has 0 radical (unpaired) electrons.